The number of rotatable bonds is 2. The number of fused-ring (bicyclic) bond motifs is 2. The zero-order chi connectivity index (χ0) is 17.0. The van der Waals surface area contributed by atoms with Crippen molar-refractivity contribution in [1.29, 1.82) is 0 Å². The lowest BCUT2D eigenvalue weighted by Gasteiger charge is -2.44. The van der Waals surface area contributed by atoms with Crippen molar-refractivity contribution in [2.45, 2.75) is 32.4 Å². The van der Waals surface area contributed by atoms with Gasteiger partial charge in [0.15, 0.2) is 0 Å². The summed E-state index contributed by atoms with van der Waals surface area (Å²) in [5.74, 6) is 0.478. The van der Waals surface area contributed by atoms with E-state index in [9.17, 15) is 4.79 Å². The Morgan fingerprint density at radius 1 is 1.38 bits per heavy atom. The molecule has 0 bridgehead atoms. The van der Waals surface area contributed by atoms with Gasteiger partial charge in [-0.3, -0.25) is 14.7 Å². The van der Waals surface area contributed by atoms with Crippen molar-refractivity contribution >= 4 is 11.6 Å². The molecule has 126 valence electrons. The van der Waals surface area contributed by atoms with E-state index in [1.807, 2.05) is 11.9 Å². The summed E-state index contributed by atoms with van der Waals surface area (Å²) < 4.78 is 0. The zero-order valence-corrected chi connectivity index (χ0v) is 14.9. The highest BCUT2D eigenvalue weighted by molar-refractivity contribution is 6.05. The lowest BCUT2D eigenvalue weighted by Crippen LogP contribution is -2.49. The van der Waals surface area contributed by atoms with Crippen molar-refractivity contribution in [1.82, 2.24) is 9.80 Å². The maximum absolute atomic E-state index is 12.8. The Bertz CT molecular complexity index is 738. The summed E-state index contributed by atoms with van der Waals surface area (Å²) in [5, 5.41) is 0. The van der Waals surface area contributed by atoms with Crippen molar-refractivity contribution in [3.05, 3.63) is 47.2 Å². The van der Waals surface area contributed by atoms with E-state index >= 15 is 0 Å². The molecule has 0 aromatic heterocycles. The van der Waals surface area contributed by atoms with Crippen molar-refractivity contribution in [3.63, 3.8) is 0 Å². The third kappa shape index (κ3) is 2.24. The van der Waals surface area contributed by atoms with Crippen LogP contribution < -0.4 is 0 Å². The summed E-state index contributed by atoms with van der Waals surface area (Å²) in [5.41, 5.74) is 5.24. The highest BCUT2D eigenvalue weighted by Gasteiger charge is 2.43. The lowest BCUT2D eigenvalue weighted by molar-refractivity contribution is -0.135. The van der Waals surface area contributed by atoms with Crippen molar-refractivity contribution in [2.75, 3.05) is 20.6 Å². The topological polar surface area (TPSA) is 35.9 Å². The fraction of sp³-hybridized carbons (Fsp3) is 0.500. The Morgan fingerprint density at radius 2 is 2.17 bits per heavy atom. The van der Waals surface area contributed by atoms with Crippen molar-refractivity contribution < 1.29 is 4.79 Å². The highest BCUT2D eigenvalue weighted by atomic mass is 16.2. The number of hydrogen-bond acceptors (Lipinski definition) is 3. The van der Waals surface area contributed by atoms with Crippen molar-refractivity contribution in [2.24, 2.45) is 16.8 Å². The first-order valence-corrected chi connectivity index (χ1v) is 8.81. The molecular weight excluding hydrogens is 298 g/mol. The smallest absolute Gasteiger partial charge is 0.230 e. The molecule has 4 aliphatic rings. The largest absolute Gasteiger partial charge is 0.343 e. The molecule has 0 aromatic carbocycles. The molecule has 0 spiro atoms. The van der Waals surface area contributed by atoms with Crippen LogP contribution in [0.15, 0.2) is 52.2 Å². The van der Waals surface area contributed by atoms with Gasteiger partial charge in [-0.15, -0.1) is 0 Å². The van der Waals surface area contributed by atoms with Crippen LogP contribution in [0.1, 0.15) is 20.3 Å². The average molecular weight is 323 g/mol. The van der Waals surface area contributed by atoms with E-state index in [-0.39, 0.29) is 17.9 Å². The van der Waals surface area contributed by atoms with Crippen LogP contribution >= 0.6 is 0 Å². The molecule has 0 saturated heterocycles. The summed E-state index contributed by atoms with van der Waals surface area (Å²) >= 11 is 0. The van der Waals surface area contributed by atoms with Crippen LogP contribution in [0.4, 0.5) is 0 Å². The second-order valence-corrected chi connectivity index (χ2v) is 7.60. The van der Waals surface area contributed by atoms with Gasteiger partial charge in [0.25, 0.3) is 0 Å². The van der Waals surface area contributed by atoms with Gasteiger partial charge < -0.3 is 4.90 Å². The monoisotopic (exact) mass is 323 g/mol. The van der Waals surface area contributed by atoms with Gasteiger partial charge in [0, 0.05) is 37.8 Å². The Kier molecular flexibility index (Phi) is 3.61. The summed E-state index contributed by atoms with van der Waals surface area (Å²) in [4.78, 5) is 21.7. The first kappa shape index (κ1) is 15.6. The molecule has 3 atom stereocenters. The number of nitrogens with zero attached hydrogens (tertiary/aromatic N) is 3. The van der Waals surface area contributed by atoms with E-state index < -0.39 is 0 Å². The molecule has 2 aliphatic carbocycles. The minimum atomic E-state index is -0.0622. The standard InChI is InChI=1S/C20H25N3O/c1-12(2)23(4)20(24)14-8-16-15-6-5-7-17-19(15)13(10-21-17)9-18(16)22(3)11-14/h5-8,10,12,14,18-19H,9,11H2,1-4H3. The molecule has 24 heavy (non-hydrogen) atoms. The number of hydrogen-bond donors (Lipinski definition) is 0. The van der Waals surface area contributed by atoms with Crippen LogP contribution in [0.5, 0.6) is 0 Å². The average Bonchev–Trinajstić information content (AvgIpc) is 2.99. The SMILES string of the molecule is CC(C)N(C)C(=O)C1C=C2C3=CC=CC4=NC=C(CC2N(C)C1)C34. The molecule has 0 N–H and O–H groups in total. The fourth-order valence-electron chi connectivity index (χ4n) is 4.27. The number of amides is 1. The molecule has 4 rings (SSSR count). The van der Waals surface area contributed by atoms with E-state index in [1.54, 1.807) is 0 Å². The second kappa shape index (κ2) is 5.55. The van der Waals surface area contributed by atoms with Crippen LogP contribution in [0.3, 0.4) is 0 Å². The van der Waals surface area contributed by atoms with E-state index in [0.717, 1.165) is 18.7 Å². The summed E-state index contributed by atoms with van der Waals surface area (Å²) in [6.07, 6.45) is 11.7. The molecule has 0 radical (unpaired) electrons. The van der Waals surface area contributed by atoms with Crippen LogP contribution in [-0.2, 0) is 4.79 Å². The predicted molar refractivity (Wildman–Crippen MR) is 96.7 cm³/mol. The van der Waals surface area contributed by atoms with Crippen molar-refractivity contribution in [3.8, 4) is 0 Å². The molecule has 0 aromatic rings. The number of aliphatic imine (C=N–C) groups is 1. The number of allylic oxidation sites excluding steroid dienone is 3. The van der Waals surface area contributed by atoms with E-state index in [2.05, 4.69) is 61.3 Å². The van der Waals surface area contributed by atoms with Gasteiger partial charge in [0.05, 0.1) is 11.6 Å². The lowest BCUT2D eigenvalue weighted by atomic mass is 9.69. The maximum Gasteiger partial charge on any atom is 0.230 e. The second-order valence-electron chi connectivity index (χ2n) is 7.60. The summed E-state index contributed by atoms with van der Waals surface area (Å²) in [6.45, 7) is 4.92. The maximum atomic E-state index is 12.8. The first-order valence-electron chi connectivity index (χ1n) is 8.81. The highest BCUT2D eigenvalue weighted by Crippen LogP contribution is 2.46. The quantitative estimate of drug-likeness (QED) is 0.783. The third-order valence-electron chi connectivity index (χ3n) is 5.86. The van der Waals surface area contributed by atoms with E-state index in [4.69, 9.17) is 0 Å². The fourth-order valence-corrected chi connectivity index (χ4v) is 4.27. The predicted octanol–water partition coefficient (Wildman–Crippen LogP) is 2.56. The van der Waals surface area contributed by atoms with Crippen LogP contribution in [-0.4, -0.2) is 54.1 Å². The molecule has 1 fully saturated rings. The van der Waals surface area contributed by atoms with Crippen LogP contribution in [0.25, 0.3) is 0 Å². The normalized spacial score (nSPS) is 31.0. The Hall–Kier alpha value is -1.94. The van der Waals surface area contributed by atoms with E-state index in [1.165, 1.54) is 16.7 Å². The number of carbonyl (C=O) groups excluding carboxylic acids is 1. The number of likely N-dealkylation sites (N-methyl/N-ethyl adjacent to an activating group) is 1. The van der Waals surface area contributed by atoms with Gasteiger partial charge in [0.2, 0.25) is 5.91 Å². The van der Waals surface area contributed by atoms with Crippen LogP contribution in [0, 0.1) is 11.8 Å². The minimum Gasteiger partial charge on any atom is -0.343 e. The van der Waals surface area contributed by atoms with Gasteiger partial charge in [-0.05, 0) is 50.1 Å². The molecule has 4 nitrogen and oxygen atoms in total. The molecule has 1 amide bonds. The van der Waals surface area contributed by atoms with Gasteiger partial charge in [0.1, 0.15) is 0 Å². The minimum absolute atomic E-state index is 0.0622. The molecule has 1 saturated carbocycles. The molecule has 2 heterocycles. The summed E-state index contributed by atoms with van der Waals surface area (Å²) in [7, 11) is 4.05. The van der Waals surface area contributed by atoms with E-state index in [0.29, 0.717) is 12.0 Å². The van der Waals surface area contributed by atoms with Gasteiger partial charge in [-0.1, -0.05) is 18.2 Å². The Morgan fingerprint density at radius 3 is 2.92 bits per heavy atom. The summed E-state index contributed by atoms with van der Waals surface area (Å²) in [6, 6.07) is 0.596. The molecule has 2 aliphatic heterocycles. The molecule has 4 heteroatoms. The molecular formula is C20H25N3O. The zero-order valence-electron chi connectivity index (χ0n) is 14.9. The Labute approximate surface area is 143 Å². The van der Waals surface area contributed by atoms with Gasteiger partial charge in [-0.2, -0.15) is 0 Å². The van der Waals surface area contributed by atoms with Gasteiger partial charge in [-0.25, -0.2) is 0 Å². The van der Waals surface area contributed by atoms with Crippen LogP contribution in [0.2, 0.25) is 0 Å². The Balaban J connectivity index is 1.72. The first-order chi connectivity index (χ1) is 11.5. The van der Waals surface area contributed by atoms with Gasteiger partial charge >= 0.3 is 0 Å². The third-order valence-corrected chi connectivity index (χ3v) is 5.86. The number of carbonyl (C=O) groups is 1. The molecule has 3 unspecified atom stereocenters.